The molecule has 1 N–H and O–H groups in total. The van der Waals surface area contributed by atoms with Crippen LogP contribution in [0.3, 0.4) is 0 Å². The molecule has 0 bridgehead atoms. The Balaban J connectivity index is 1.66. The van der Waals surface area contributed by atoms with Crippen molar-refractivity contribution in [3.8, 4) is 0 Å². The molecule has 0 radical (unpaired) electrons. The molecule has 9 nitrogen and oxygen atoms in total. The van der Waals surface area contributed by atoms with E-state index in [1.807, 2.05) is 0 Å². The molecule has 0 aromatic carbocycles. The SMILES string of the molecule is CS(=O)(=O)OCC[C@@H]1CN(c2ccc3c(n2)NC(=O)CS3)C(=O)O1. The highest BCUT2D eigenvalue weighted by atomic mass is 32.2. The highest BCUT2D eigenvalue weighted by Crippen LogP contribution is 2.32. The Morgan fingerprint density at radius 3 is 3.00 bits per heavy atom. The van der Waals surface area contributed by atoms with E-state index >= 15 is 0 Å². The quantitative estimate of drug-likeness (QED) is 0.754. The summed E-state index contributed by atoms with van der Waals surface area (Å²) in [4.78, 5) is 29.9. The number of rotatable bonds is 5. The molecule has 11 heteroatoms. The standard InChI is InChI=1S/C13H15N3O6S2/c1-24(19,20)21-5-4-8-6-16(13(18)22-8)10-3-2-9-12(14-10)15-11(17)7-23-9/h2-3,8H,4-7H2,1H3,(H,14,15,17)/t8-/m1/s1. The molecule has 0 saturated carbocycles. The van der Waals surface area contributed by atoms with Crippen LogP contribution in [0, 0.1) is 0 Å². The van der Waals surface area contributed by atoms with Gasteiger partial charge in [-0.15, -0.1) is 11.8 Å². The third kappa shape index (κ3) is 3.97. The van der Waals surface area contributed by atoms with Gasteiger partial charge in [-0.1, -0.05) is 0 Å². The van der Waals surface area contributed by atoms with Gasteiger partial charge in [0.05, 0.1) is 30.1 Å². The van der Waals surface area contributed by atoms with Crippen LogP contribution in [0.1, 0.15) is 6.42 Å². The van der Waals surface area contributed by atoms with Crippen molar-refractivity contribution in [3.63, 3.8) is 0 Å². The summed E-state index contributed by atoms with van der Waals surface area (Å²) in [6, 6.07) is 3.47. The highest BCUT2D eigenvalue weighted by molar-refractivity contribution is 8.00. The molecule has 1 aromatic rings. The number of hydrogen-bond acceptors (Lipinski definition) is 8. The van der Waals surface area contributed by atoms with Crippen molar-refractivity contribution in [2.24, 2.45) is 0 Å². The lowest BCUT2D eigenvalue weighted by Crippen LogP contribution is -2.27. The smallest absolute Gasteiger partial charge is 0.415 e. The lowest BCUT2D eigenvalue weighted by Gasteiger charge is -2.18. The Morgan fingerprint density at radius 1 is 1.46 bits per heavy atom. The Hall–Kier alpha value is -1.85. The molecule has 0 aliphatic carbocycles. The minimum absolute atomic E-state index is 0.0606. The van der Waals surface area contributed by atoms with Crippen molar-refractivity contribution >= 4 is 45.5 Å². The average molecular weight is 373 g/mol. The molecule has 3 rings (SSSR count). The number of amides is 2. The third-order valence-electron chi connectivity index (χ3n) is 3.35. The number of nitrogens with one attached hydrogen (secondary N) is 1. The van der Waals surface area contributed by atoms with Gasteiger partial charge >= 0.3 is 6.09 Å². The number of hydrogen-bond donors (Lipinski definition) is 1. The molecule has 2 aliphatic rings. The van der Waals surface area contributed by atoms with E-state index in [2.05, 4.69) is 14.5 Å². The average Bonchev–Trinajstić information content (AvgIpc) is 2.86. The summed E-state index contributed by atoms with van der Waals surface area (Å²) in [7, 11) is -3.52. The largest absolute Gasteiger partial charge is 0.444 e. The third-order valence-corrected chi connectivity index (χ3v) is 4.99. The van der Waals surface area contributed by atoms with Crippen molar-refractivity contribution < 1.29 is 26.9 Å². The van der Waals surface area contributed by atoms with Gasteiger partial charge in [0.2, 0.25) is 5.91 Å². The summed E-state index contributed by atoms with van der Waals surface area (Å²) in [5.41, 5.74) is 0. The molecular formula is C13H15N3O6S2. The molecule has 2 aliphatic heterocycles. The predicted octanol–water partition coefficient (Wildman–Crippen LogP) is 0.817. The van der Waals surface area contributed by atoms with Crippen molar-refractivity contribution in [1.82, 2.24) is 4.98 Å². The van der Waals surface area contributed by atoms with Gasteiger partial charge in [-0.05, 0) is 12.1 Å². The summed E-state index contributed by atoms with van der Waals surface area (Å²) in [5.74, 6) is 0.984. The molecule has 1 saturated heterocycles. The van der Waals surface area contributed by atoms with Crippen LogP contribution in [0.25, 0.3) is 0 Å². The zero-order valence-corrected chi connectivity index (χ0v) is 14.4. The van der Waals surface area contributed by atoms with Crippen LogP contribution in [0.5, 0.6) is 0 Å². The van der Waals surface area contributed by atoms with Crippen LogP contribution in [0.2, 0.25) is 0 Å². The van der Waals surface area contributed by atoms with Gasteiger partial charge in [0.1, 0.15) is 17.7 Å². The maximum absolute atomic E-state index is 12.0. The monoisotopic (exact) mass is 373 g/mol. The second-order valence-corrected chi connectivity index (χ2v) is 7.95. The Bertz CT molecular complexity index is 782. The molecule has 0 spiro atoms. The van der Waals surface area contributed by atoms with Crippen LogP contribution >= 0.6 is 11.8 Å². The first-order chi connectivity index (χ1) is 11.3. The number of pyridine rings is 1. The van der Waals surface area contributed by atoms with E-state index in [9.17, 15) is 18.0 Å². The number of anilines is 2. The molecule has 1 aromatic heterocycles. The Kier molecular flexibility index (Phi) is 4.65. The first-order valence-electron chi connectivity index (χ1n) is 7.08. The number of thioether (sulfide) groups is 1. The fourth-order valence-electron chi connectivity index (χ4n) is 2.29. The van der Waals surface area contributed by atoms with Crippen LogP contribution in [0.4, 0.5) is 16.4 Å². The maximum Gasteiger partial charge on any atom is 0.415 e. The molecular weight excluding hydrogens is 358 g/mol. The van der Waals surface area contributed by atoms with Gasteiger partial charge < -0.3 is 10.1 Å². The summed E-state index contributed by atoms with van der Waals surface area (Å²) < 4.78 is 31.7. The first-order valence-corrected chi connectivity index (χ1v) is 9.88. The van der Waals surface area contributed by atoms with Gasteiger partial charge in [0.25, 0.3) is 10.1 Å². The Morgan fingerprint density at radius 2 is 2.25 bits per heavy atom. The van der Waals surface area contributed by atoms with E-state index < -0.39 is 22.3 Å². The van der Waals surface area contributed by atoms with Gasteiger partial charge in [0, 0.05) is 6.42 Å². The van der Waals surface area contributed by atoms with Gasteiger partial charge in [-0.25, -0.2) is 9.78 Å². The number of cyclic esters (lactones) is 1. The molecule has 1 fully saturated rings. The lowest BCUT2D eigenvalue weighted by atomic mass is 10.2. The number of carbonyl (C=O) groups excluding carboxylic acids is 2. The van der Waals surface area contributed by atoms with Crippen molar-refractivity contribution in [3.05, 3.63) is 12.1 Å². The molecule has 1 atom stereocenters. The molecule has 24 heavy (non-hydrogen) atoms. The number of aromatic nitrogens is 1. The zero-order valence-electron chi connectivity index (χ0n) is 12.7. The summed E-state index contributed by atoms with van der Waals surface area (Å²) in [5, 5.41) is 2.66. The fourth-order valence-corrected chi connectivity index (χ4v) is 3.45. The van der Waals surface area contributed by atoms with Gasteiger partial charge in [-0.2, -0.15) is 8.42 Å². The van der Waals surface area contributed by atoms with Crippen LogP contribution < -0.4 is 10.2 Å². The van der Waals surface area contributed by atoms with Gasteiger partial charge in [-0.3, -0.25) is 13.9 Å². The highest BCUT2D eigenvalue weighted by Gasteiger charge is 2.33. The van der Waals surface area contributed by atoms with Crippen molar-refractivity contribution in [2.75, 3.05) is 35.4 Å². The van der Waals surface area contributed by atoms with E-state index in [4.69, 9.17) is 4.74 Å². The number of ether oxygens (including phenoxy) is 1. The molecule has 0 unspecified atom stereocenters. The molecule has 2 amide bonds. The van der Waals surface area contributed by atoms with E-state index in [1.165, 1.54) is 16.7 Å². The molecule has 130 valence electrons. The summed E-state index contributed by atoms with van der Waals surface area (Å²) >= 11 is 1.38. The predicted molar refractivity (Wildman–Crippen MR) is 86.6 cm³/mol. The number of carbonyl (C=O) groups is 2. The van der Waals surface area contributed by atoms with Crippen LogP contribution in [-0.2, 0) is 23.8 Å². The second kappa shape index (κ2) is 6.57. The minimum atomic E-state index is -3.52. The minimum Gasteiger partial charge on any atom is -0.444 e. The van der Waals surface area contributed by atoms with E-state index in [0.717, 1.165) is 11.2 Å². The Labute approximate surface area is 142 Å². The zero-order chi connectivity index (χ0) is 17.3. The summed E-state index contributed by atoms with van der Waals surface area (Å²) in [6.45, 7) is 0.174. The lowest BCUT2D eigenvalue weighted by molar-refractivity contribution is -0.113. The topological polar surface area (TPSA) is 115 Å². The fraction of sp³-hybridized carbons (Fsp3) is 0.462. The maximum atomic E-state index is 12.0. The van der Waals surface area contributed by atoms with Crippen molar-refractivity contribution in [2.45, 2.75) is 17.4 Å². The number of fused-ring (bicyclic) bond motifs is 1. The van der Waals surface area contributed by atoms with Gasteiger partial charge in [0.15, 0.2) is 0 Å². The molecule has 3 heterocycles. The van der Waals surface area contributed by atoms with Crippen LogP contribution in [-0.4, -0.2) is 56.7 Å². The van der Waals surface area contributed by atoms with E-state index in [1.54, 1.807) is 12.1 Å². The summed E-state index contributed by atoms with van der Waals surface area (Å²) in [6.07, 6.45) is 0.165. The second-order valence-electron chi connectivity index (χ2n) is 5.28. The van der Waals surface area contributed by atoms with E-state index in [0.29, 0.717) is 17.4 Å². The van der Waals surface area contributed by atoms with Crippen LogP contribution in [0.15, 0.2) is 17.0 Å². The normalized spacial score (nSPS) is 20.5. The number of nitrogens with zero attached hydrogens (tertiary/aromatic N) is 2. The first kappa shape index (κ1) is 17.0. The van der Waals surface area contributed by atoms with E-state index in [-0.39, 0.29) is 25.5 Å². The van der Waals surface area contributed by atoms with Crippen molar-refractivity contribution in [1.29, 1.82) is 0 Å².